The third-order valence-corrected chi connectivity index (χ3v) is 4.76. The fraction of sp³-hybridized carbons (Fsp3) is 0.429. The Morgan fingerprint density at radius 3 is 2.75 bits per heavy atom. The second-order valence-electron chi connectivity index (χ2n) is 4.76. The standard InChI is InChI=1S/C14H17NS/c15-14(10-5-1-2-6-10)12-9-16-13-8-4-3-7-11(12)13/h3-4,7-10,14H,1-2,5-6,15H2. The predicted molar refractivity (Wildman–Crippen MR) is 70.7 cm³/mol. The minimum Gasteiger partial charge on any atom is -0.324 e. The monoisotopic (exact) mass is 231 g/mol. The van der Waals surface area contributed by atoms with E-state index in [1.807, 2.05) is 11.3 Å². The van der Waals surface area contributed by atoms with Gasteiger partial charge < -0.3 is 5.73 Å². The van der Waals surface area contributed by atoms with Gasteiger partial charge in [-0.1, -0.05) is 31.0 Å². The first kappa shape index (κ1) is 10.3. The zero-order valence-electron chi connectivity index (χ0n) is 9.36. The topological polar surface area (TPSA) is 26.0 Å². The number of nitrogens with two attached hydrogens (primary N) is 1. The lowest BCUT2D eigenvalue weighted by Gasteiger charge is -2.18. The van der Waals surface area contributed by atoms with Crippen molar-refractivity contribution in [1.29, 1.82) is 0 Å². The number of benzene rings is 1. The highest BCUT2D eigenvalue weighted by molar-refractivity contribution is 7.17. The van der Waals surface area contributed by atoms with Crippen LogP contribution < -0.4 is 5.73 Å². The highest BCUT2D eigenvalue weighted by atomic mass is 32.1. The van der Waals surface area contributed by atoms with Crippen LogP contribution >= 0.6 is 11.3 Å². The van der Waals surface area contributed by atoms with Crippen molar-refractivity contribution in [1.82, 2.24) is 0 Å². The van der Waals surface area contributed by atoms with Gasteiger partial charge in [-0.2, -0.15) is 0 Å². The van der Waals surface area contributed by atoms with Gasteiger partial charge in [-0.15, -0.1) is 11.3 Å². The molecule has 3 rings (SSSR count). The van der Waals surface area contributed by atoms with Crippen LogP contribution in [0.2, 0.25) is 0 Å². The first-order chi connectivity index (χ1) is 7.86. The van der Waals surface area contributed by atoms with Crippen LogP contribution in [-0.4, -0.2) is 0 Å². The van der Waals surface area contributed by atoms with Crippen molar-refractivity contribution < 1.29 is 0 Å². The quantitative estimate of drug-likeness (QED) is 0.827. The van der Waals surface area contributed by atoms with Crippen LogP contribution in [-0.2, 0) is 0 Å². The van der Waals surface area contributed by atoms with E-state index < -0.39 is 0 Å². The van der Waals surface area contributed by atoms with Crippen LogP contribution in [0, 0.1) is 5.92 Å². The molecule has 1 aromatic carbocycles. The molecule has 84 valence electrons. The number of hydrogen-bond donors (Lipinski definition) is 1. The van der Waals surface area contributed by atoms with Crippen molar-refractivity contribution in [3.63, 3.8) is 0 Å². The number of rotatable bonds is 2. The van der Waals surface area contributed by atoms with E-state index in [0.717, 1.165) is 0 Å². The number of hydrogen-bond acceptors (Lipinski definition) is 2. The Bertz CT molecular complexity index is 482. The van der Waals surface area contributed by atoms with Gasteiger partial charge in [0.25, 0.3) is 0 Å². The third kappa shape index (κ3) is 1.66. The second-order valence-corrected chi connectivity index (χ2v) is 5.67. The summed E-state index contributed by atoms with van der Waals surface area (Å²) in [5, 5.41) is 3.63. The molecular formula is C14H17NS. The molecule has 1 aliphatic rings. The molecule has 1 heterocycles. The molecule has 2 aromatic rings. The van der Waals surface area contributed by atoms with Crippen molar-refractivity contribution in [2.45, 2.75) is 31.7 Å². The number of thiophene rings is 1. The Balaban J connectivity index is 1.98. The largest absolute Gasteiger partial charge is 0.324 e. The maximum Gasteiger partial charge on any atom is 0.0346 e. The van der Waals surface area contributed by atoms with Crippen LogP contribution in [0.3, 0.4) is 0 Å². The maximum absolute atomic E-state index is 6.42. The Morgan fingerprint density at radius 1 is 1.19 bits per heavy atom. The fourth-order valence-electron chi connectivity index (χ4n) is 2.83. The molecule has 1 fully saturated rings. The Labute approximate surface area is 100 Å². The lowest BCUT2D eigenvalue weighted by atomic mass is 9.92. The Kier molecular flexibility index (Phi) is 2.70. The van der Waals surface area contributed by atoms with E-state index in [0.29, 0.717) is 5.92 Å². The maximum atomic E-state index is 6.42. The smallest absolute Gasteiger partial charge is 0.0346 e. The molecule has 1 nitrogen and oxygen atoms in total. The zero-order chi connectivity index (χ0) is 11.0. The van der Waals surface area contributed by atoms with E-state index >= 15 is 0 Å². The average Bonchev–Trinajstić information content (AvgIpc) is 2.98. The van der Waals surface area contributed by atoms with Crippen molar-refractivity contribution >= 4 is 21.4 Å². The zero-order valence-corrected chi connectivity index (χ0v) is 10.2. The van der Waals surface area contributed by atoms with Gasteiger partial charge in [0.2, 0.25) is 0 Å². The average molecular weight is 231 g/mol. The molecule has 0 amide bonds. The molecule has 1 aliphatic carbocycles. The molecule has 0 bridgehead atoms. The van der Waals surface area contributed by atoms with Crippen molar-refractivity contribution in [3.8, 4) is 0 Å². The van der Waals surface area contributed by atoms with E-state index in [4.69, 9.17) is 5.73 Å². The van der Waals surface area contributed by atoms with Crippen LogP contribution in [0.1, 0.15) is 37.3 Å². The van der Waals surface area contributed by atoms with Crippen molar-refractivity contribution in [3.05, 3.63) is 35.2 Å². The van der Waals surface area contributed by atoms with Gasteiger partial charge >= 0.3 is 0 Å². The molecule has 16 heavy (non-hydrogen) atoms. The second kappa shape index (κ2) is 4.19. The summed E-state index contributed by atoms with van der Waals surface area (Å²) in [6.45, 7) is 0. The van der Waals surface area contributed by atoms with Crippen molar-refractivity contribution in [2.24, 2.45) is 11.7 Å². The van der Waals surface area contributed by atoms with Crippen molar-refractivity contribution in [2.75, 3.05) is 0 Å². The van der Waals surface area contributed by atoms with E-state index in [2.05, 4.69) is 29.6 Å². The molecule has 1 unspecified atom stereocenters. The van der Waals surface area contributed by atoms with Crippen LogP contribution in [0.5, 0.6) is 0 Å². The van der Waals surface area contributed by atoms with Gasteiger partial charge in [-0.05, 0) is 41.2 Å². The minimum atomic E-state index is 0.249. The van der Waals surface area contributed by atoms with Gasteiger partial charge in [0.15, 0.2) is 0 Å². The molecule has 0 aliphatic heterocycles. The molecule has 2 heteroatoms. The third-order valence-electron chi connectivity index (χ3n) is 3.78. The lowest BCUT2D eigenvalue weighted by molar-refractivity contribution is 0.448. The Hall–Kier alpha value is -0.860. The number of fused-ring (bicyclic) bond motifs is 1. The summed E-state index contributed by atoms with van der Waals surface area (Å²) in [7, 11) is 0. The summed E-state index contributed by atoms with van der Waals surface area (Å²) in [5.74, 6) is 0.706. The van der Waals surface area contributed by atoms with Crippen LogP contribution in [0.25, 0.3) is 10.1 Å². The molecule has 0 spiro atoms. The normalized spacial score (nSPS) is 19.3. The van der Waals surface area contributed by atoms with Crippen LogP contribution in [0.15, 0.2) is 29.6 Å². The highest BCUT2D eigenvalue weighted by Crippen LogP contribution is 2.38. The molecule has 2 N–H and O–H groups in total. The molecule has 0 radical (unpaired) electrons. The van der Waals surface area contributed by atoms with Gasteiger partial charge in [0.1, 0.15) is 0 Å². The summed E-state index contributed by atoms with van der Waals surface area (Å²) in [5.41, 5.74) is 7.79. The molecule has 1 atom stereocenters. The van der Waals surface area contributed by atoms with Gasteiger partial charge in [0, 0.05) is 10.7 Å². The summed E-state index contributed by atoms with van der Waals surface area (Å²) in [6.07, 6.45) is 5.34. The van der Waals surface area contributed by atoms with E-state index in [1.165, 1.54) is 41.3 Å². The summed E-state index contributed by atoms with van der Waals surface area (Å²) < 4.78 is 1.37. The van der Waals surface area contributed by atoms with Gasteiger partial charge in [-0.25, -0.2) is 0 Å². The lowest BCUT2D eigenvalue weighted by Crippen LogP contribution is -2.18. The van der Waals surface area contributed by atoms with Crippen LogP contribution in [0.4, 0.5) is 0 Å². The first-order valence-electron chi connectivity index (χ1n) is 6.08. The first-order valence-corrected chi connectivity index (χ1v) is 6.96. The van der Waals surface area contributed by atoms with E-state index in [1.54, 1.807) is 0 Å². The molecule has 0 saturated heterocycles. The molecule has 1 aromatic heterocycles. The summed E-state index contributed by atoms with van der Waals surface area (Å²) in [6, 6.07) is 8.85. The van der Waals surface area contributed by atoms with E-state index in [-0.39, 0.29) is 6.04 Å². The van der Waals surface area contributed by atoms with Gasteiger partial charge in [0.05, 0.1) is 0 Å². The SMILES string of the molecule is NC(c1csc2ccccc12)C1CCCC1. The summed E-state index contributed by atoms with van der Waals surface area (Å²) >= 11 is 1.82. The fourth-order valence-corrected chi connectivity index (χ4v) is 3.83. The predicted octanol–water partition coefficient (Wildman–Crippen LogP) is 4.09. The Morgan fingerprint density at radius 2 is 1.94 bits per heavy atom. The molecular weight excluding hydrogens is 214 g/mol. The van der Waals surface area contributed by atoms with E-state index in [9.17, 15) is 0 Å². The highest BCUT2D eigenvalue weighted by Gasteiger charge is 2.24. The minimum absolute atomic E-state index is 0.249. The summed E-state index contributed by atoms with van der Waals surface area (Å²) in [4.78, 5) is 0. The van der Waals surface area contributed by atoms with Gasteiger partial charge in [-0.3, -0.25) is 0 Å². The molecule has 1 saturated carbocycles.